The molecular formula is C21H19FN4O3. The van der Waals surface area contributed by atoms with E-state index in [4.69, 9.17) is 14.9 Å². The zero-order chi connectivity index (χ0) is 20.4. The van der Waals surface area contributed by atoms with E-state index in [0.29, 0.717) is 22.7 Å². The summed E-state index contributed by atoms with van der Waals surface area (Å²) >= 11 is 0. The van der Waals surface area contributed by atoms with Crippen molar-refractivity contribution >= 4 is 18.2 Å². The van der Waals surface area contributed by atoms with E-state index in [0.717, 1.165) is 12.8 Å². The Labute approximate surface area is 166 Å². The molecule has 2 heterocycles. The van der Waals surface area contributed by atoms with E-state index in [1.807, 2.05) is 0 Å². The second-order valence-corrected chi connectivity index (χ2v) is 6.84. The van der Waals surface area contributed by atoms with Crippen molar-refractivity contribution in [2.24, 2.45) is 10.9 Å². The average molecular weight is 394 g/mol. The minimum Gasteiger partial charge on any atom is -0.480 e. The minimum absolute atomic E-state index is 0.0497. The zero-order valence-electron chi connectivity index (χ0n) is 15.5. The van der Waals surface area contributed by atoms with Gasteiger partial charge >= 0.3 is 0 Å². The number of hydrogen-bond acceptors (Lipinski definition) is 7. The molecule has 1 fully saturated rings. The minimum atomic E-state index is -0.574. The molecule has 0 aliphatic heterocycles. The lowest BCUT2D eigenvalue weighted by Crippen LogP contribution is -2.12. The predicted molar refractivity (Wildman–Crippen MR) is 105 cm³/mol. The summed E-state index contributed by atoms with van der Waals surface area (Å²) in [4.78, 5) is 24.5. The van der Waals surface area contributed by atoms with Crippen LogP contribution in [-0.2, 0) is 0 Å². The first-order valence-corrected chi connectivity index (χ1v) is 9.15. The highest BCUT2D eigenvalue weighted by Gasteiger charge is 2.31. The first-order valence-electron chi connectivity index (χ1n) is 9.15. The molecular weight excluding hydrogens is 375 g/mol. The molecule has 7 nitrogen and oxygen atoms in total. The van der Waals surface area contributed by atoms with Gasteiger partial charge in [-0.2, -0.15) is 0 Å². The molecule has 0 saturated heterocycles. The zero-order valence-corrected chi connectivity index (χ0v) is 15.5. The van der Waals surface area contributed by atoms with Gasteiger partial charge in [0.2, 0.25) is 5.89 Å². The van der Waals surface area contributed by atoms with E-state index < -0.39 is 11.9 Å². The van der Waals surface area contributed by atoms with Crippen LogP contribution >= 0.6 is 0 Å². The molecule has 1 saturated carbocycles. The van der Waals surface area contributed by atoms with E-state index in [9.17, 15) is 9.18 Å². The third-order valence-electron chi connectivity index (χ3n) is 4.61. The van der Waals surface area contributed by atoms with Crippen LogP contribution in [0.4, 0.5) is 10.1 Å². The number of nitrogen functional groups attached to an aromatic ring is 1. The smallest absolute Gasteiger partial charge is 0.226 e. The number of Topliss-reactive ketones (excluding diaryl/α,β-unsaturated/α-hetero) is 1. The molecule has 1 aromatic carbocycles. The van der Waals surface area contributed by atoms with Crippen molar-refractivity contribution in [2.45, 2.75) is 18.9 Å². The van der Waals surface area contributed by atoms with Gasteiger partial charge in [0.05, 0.1) is 18.4 Å². The van der Waals surface area contributed by atoms with E-state index in [2.05, 4.69) is 21.7 Å². The molecule has 4 rings (SSSR count). The van der Waals surface area contributed by atoms with Gasteiger partial charge in [0.1, 0.15) is 29.2 Å². The number of oxazole rings is 1. The van der Waals surface area contributed by atoms with Gasteiger partial charge in [0.25, 0.3) is 0 Å². The van der Waals surface area contributed by atoms with Crippen LogP contribution in [0.15, 0.2) is 52.2 Å². The van der Waals surface area contributed by atoms with Gasteiger partial charge in [0, 0.05) is 11.5 Å². The Bertz CT molecular complexity index is 1040. The summed E-state index contributed by atoms with van der Waals surface area (Å²) in [7, 11) is 0. The van der Waals surface area contributed by atoms with Crippen molar-refractivity contribution in [3.05, 3.63) is 60.0 Å². The maximum atomic E-state index is 13.7. The Morgan fingerprint density at radius 3 is 2.86 bits per heavy atom. The SMILES string of the molecule is C=NCC(Oc1ccc(C(=O)C2CC2)nc1)c1coc(-c2ccc(N)c(F)c2)n1. The second kappa shape index (κ2) is 7.83. The van der Waals surface area contributed by atoms with Crippen LogP contribution in [-0.4, -0.2) is 29.0 Å². The number of hydrogen-bond donors (Lipinski definition) is 1. The fraction of sp³-hybridized carbons (Fsp3) is 0.238. The summed E-state index contributed by atoms with van der Waals surface area (Å²) in [6.45, 7) is 3.73. The van der Waals surface area contributed by atoms with Crippen molar-refractivity contribution in [1.29, 1.82) is 0 Å². The standard InChI is InChI=1S/C21H19FN4O3/c1-24-10-19(29-14-5-7-17(25-9-14)20(27)12-2-3-12)18-11-28-21(26-18)13-4-6-16(23)15(22)8-13/h4-9,11-12,19H,1-3,10,23H2. The van der Waals surface area contributed by atoms with Gasteiger partial charge in [-0.15, -0.1) is 0 Å². The highest BCUT2D eigenvalue weighted by molar-refractivity contribution is 5.97. The quantitative estimate of drug-likeness (QED) is 0.353. The molecule has 0 spiro atoms. The predicted octanol–water partition coefficient (Wildman–Crippen LogP) is 3.87. The highest BCUT2D eigenvalue weighted by atomic mass is 19.1. The number of carbonyl (C=O) groups is 1. The normalized spacial score (nSPS) is 14.4. The first kappa shape index (κ1) is 18.8. The van der Waals surface area contributed by atoms with Crippen LogP contribution in [0.2, 0.25) is 0 Å². The van der Waals surface area contributed by atoms with Crippen molar-refractivity contribution in [3.8, 4) is 17.2 Å². The number of pyridine rings is 1. The number of nitrogens with two attached hydrogens (primary N) is 1. The number of benzene rings is 1. The molecule has 0 amide bonds. The first-order chi connectivity index (χ1) is 14.0. The number of aromatic nitrogens is 2. The fourth-order valence-corrected chi connectivity index (χ4v) is 2.85. The molecule has 1 aliphatic rings. The largest absolute Gasteiger partial charge is 0.480 e. The molecule has 148 valence electrons. The van der Waals surface area contributed by atoms with Crippen LogP contribution in [0.5, 0.6) is 5.75 Å². The maximum absolute atomic E-state index is 13.7. The topological polar surface area (TPSA) is 104 Å². The fourth-order valence-electron chi connectivity index (χ4n) is 2.85. The molecule has 2 N–H and O–H groups in total. The van der Waals surface area contributed by atoms with Gasteiger partial charge < -0.3 is 14.9 Å². The van der Waals surface area contributed by atoms with Gasteiger partial charge in [-0.05, 0) is 49.9 Å². The Kier molecular flexibility index (Phi) is 5.07. The molecule has 3 aromatic rings. The van der Waals surface area contributed by atoms with Crippen molar-refractivity contribution in [3.63, 3.8) is 0 Å². The van der Waals surface area contributed by atoms with Crippen LogP contribution in [0.1, 0.15) is 35.1 Å². The highest BCUT2D eigenvalue weighted by Crippen LogP contribution is 2.32. The molecule has 1 aliphatic carbocycles. The lowest BCUT2D eigenvalue weighted by Gasteiger charge is -2.14. The number of ether oxygens (including phenoxy) is 1. The number of halogens is 1. The number of rotatable bonds is 8. The number of anilines is 1. The molecule has 0 radical (unpaired) electrons. The summed E-state index contributed by atoms with van der Waals surface area (Å²) in [6, 6.07) is 7.67. The number of carbonyl (C=O) groups excluding carboxylic acids is 1. The monoisotopic (exact) mass is 394 g/mol. The van der Waals surface area contributed by atoms with Crippen LogP contribution < -0.4 is 10.5 Å². The number of ketones is 1. The molecule has 29 heavy (non-hydrogen) atoms. The Morgan fingerprint density at radius 2 is 2.21 bits per heavy atom. The summed E-state index contributed by atoms with van der Waals surface area (Å²) in [5.74, 6) is 0.334. The lowest BCUT2D eigenvalue weighted by atomic mass is 10.2. The van der Waals surface area contributed by atoms with Crippen molar-refractivity contribution < 1.29 is 18.3 Å². The van der Waals surface area contributed by atoms with Crippen molar-refractivity contribution in [1.82, 2.24) is 9.97 Å². The Hall–Kier alpha value is -3.55. The summed E-state index contributed by atoms with van der Waals surface area (Å²) in [6.07, 6.45) is 4.21. The maximum Gasteiger partial charge on any atom is 0.226 e. The molecule has 1 unspecified atom stereocenters. The molecule has 1 atom stereocenters. The summed E-state index contributed by atoms with van der Waals surface area (Å²) in [5, 5.41) is 0. The summed E-state index contributed by atoms with van der Waals surface area (Å²) in [5.41, 5.74) is 6.92. The van der Waals surface area contributed by atoms with Gasteiger partial charge in [-0.1, -0.05) is 0 Å². The van der Waals surface area contributed by atoms with Crippen LogP contribution in [0.3, 0.4) is 0 Å². The Morgan fingerprint density at radius 1 is 1.38 bits per heavy atom. The van der Waals surface area contributed by atoms with E-state index in [-0.39, 0.29) is 29.8 Å². The molecule has 0 bridgehead atoms. The van der Waals surface area contributed by atoms with Crippen LogP contribution in [0.25, 0.3) is 11.5 Å². The Balaban J connectivity index is 1.51. The second-order valence-electron chi connectivity index (χ2n) is 6.84. The van der Waals surface area contributed by atoms with Crippen molar-refractivity contribution in [2.75, 3.05) is 12.3 Å². The third-order valence-corrected chi connectivity index (χ3v) is 4.61. The van der Waals surface area contributed by atoms with E-state index >= 15 is 0 Å². The third kappa shape index (κ3) is 4.16. The van der Waals surface area contributed by atoms with Gasteiger partial charge in [-0.3, -0.25) is 9.79 Å². The number of aliphatic imine (C=N–C) groups is 1. The molecule has 2 aromatic heterocycles. The van der Waals surface area contributed by atoms with Gasteiger partial charge in [-0.25, -0.2) is 14.4 Å². The molecule has 8 heteroatoms. The van der Waals surface area contributed by atoms with Crippen LogP contribution in [0, 0.1) is 11.7 Å². The van der Waals surface area contributed by atoms with E-state index in [1.165, 1.54) is 24.6 Å². The number of nitrogens with zero attached hydrogens (tertiary/aromatic N) is 3. The lowest BCUT2D eigenvalue weighted by molar-refractivity contribution is 0.0962. The summed E-state index contributed by atoms with van der Waals surface area (Å²) < 4.78 is 25.1. The van der Waals surface area contributed by atoms with Gasteiger partial charge in [0.15, 0.2) is 11.9 Å². The average Bonchev–Trinajstić information content (AvgIpc) is 3.46. The van der Waals surface area contributed by atoms with E-state index in [1.54, 1.807) is 18.2 Å².